The van der Waals surface area contributed by atoms with Crippen LogP contribution in [-0.2, 0) is 9.47 Å². The van der Waals surface area contributed by atoms with Gasteiger partial charge < -0.3 is 14.6 Å². The summed E-state index contributed by atoms with van der Waals surface area (Å²) in [5, 5.41) is 9.41. The first-order chi connectivity index (χ1) is 5.61. The summed E-state index contributed by atoms with van der Waals surface area (Å²) in [6.07, 6.45) is 2.69. The lowest BCUT2D eigenvalue weighted by Gasteiger charge is -2.26. The Balaban J connectivity index is 2.12. The zero-order valence-electron chi connectivity index (χ0n) is 7.62. The minimum atomic E-state index is -0.421. The summed E-state index contributed by atoms with van der Waals surface area (Å²) < 4.78 is 11.3. The van der Waals surface area contributed by atoms with E-state index in [9.17, 15) is 5.11 Å². The smallest absolute Gasteiger partial charge is 0.166 e. The van der Waals surface area contributed by atoms with E-state index >= 15 is 0 Å². The third-order valence-electron chi connectivity index (χ3n) is 2.75. The van der Waals surface area contributed by atoms with Crippen molar-refractivity contribution in [1.82, 2.24) is 0 Å². The van der Waals surface area contributed by atoms with Gasteiger partial charge in [-0.25, -0.2) is 0 Å². The summed E-state index contributed by atoms with van der Waals surface area (Å²) >= 11 is 0. The van der Waals surface area contributed by atoms with Crippen molar-refractivity contribution in [2.24, 2.45) is 0 Å². The average molecular weight is 172 g/mol. The van der Waals surface area contributed by atoms with Gasteiger partial charge in [-0.15, -0.1) is 0 Å². The fourth-order valence-electron chi connectivity index (χ4n) is 2.15. The van der Waals surface area contributed by atoms with Gasteiger partial charge in [-0.2, -0.15) is 0 Å². The number of aliphatic hydroxyl groups is 1. The van der Waals surface area contributed by atoms with Crippen LogP contribution in [0.1, 0.15) is 33.1 Å². The van der Waals surface area contributed by atoms with Gasteiger partial charge in [0, 0.05) is 6.42 Å². The van der Waals surface area contributed by atoms with Crippen LogP contribution in [0.15, 0.2) is 0 Å². The van der Waals surface area contributed by atoms with E-state index in [1.54, 1.807) is 6.92 Å². The van der Waals surface area contributed by atoms with Gasteiger partial charge in [0.2, 0.25) is 0 Å². The van der Waals surface area contributed by atoms with E-state index in [1.807, 2.05) is 6.92 Å². The SMILES string of the molecule is C[C@H](O)[C@@H]1O[C@@]2(C)CCC[C@@H]1O2. The normalized spacial score (nSPS) is 49.2. The van der Waals surface area contributed by atoms with Crippen LogP contribution in [-0.4, -0.2) is 29.2 Å². The Bertz CT molecular complexity index is 181. The van der Waals surface area contributed by atoms with Gasteiger partial charge in [0.25, 0.3) is 0 Å². The molecule has 2 rings (SSSR count). The topological polar surface area (TPSA) is 38.7 Å². The summed E-state index contributed by atoms with van der Waals surface area (Å²) in [5.74, 6) is -0.412. The zero-order chi connectivity index (χ0) is 8.77. The molecule has 0 radical (unpaired) electrons. The number of fused-ring (bicyclic) bond motifs is 2. The zero-order valence-corrected chi connectivity index (χ0v) is 7.62. The van der Waals surface area contributed by atoms with E-state index in [2.05, 4.69) is 0 Å². The van der Waals surface area contributed by atoms with Crippen molar-refractivity contribution >= 4 is 0 Å². The highest BCUT2D eigenvalue weighted by molar-refractivity contribution is 4.90. The molecule has 0 aromatic heterocycles. The van der Waals surface area contributed by atoms with E-state index in [4.69, 9.17) is 9.47 Å². The molecule has 0 aromatic rings. The van der Waals surface area contributed by atoms with E-state index < -0.39 is 11.9 Å². The predicted octanol–water partition coefficient (Wildman–Crippen LogP) is 1.05. The molecule has 4 atom stereocenters. The summed E-state index contributed by atoms with van der Waals surface area (Å²) in [6.45, 7) is 3.72. The van der Waals surface area contributed by atoms with Gasteiger partial charge in [0.15, 0.2) is 5.79 Å². The Kier molecular flexibility index (Phi) is 1.90. The Labute approximate surface area is 72.7 Å². The second-order valence-corrected chi connectivity index (χ2v) is 4.01. The molecule has 1 N–H and O–H groups in total. The second-order valence-electron chi connectivity index (χ2n) is 4.01. The van der Waals surface area contributed by atoms with Gasteiger partial charge in [-0.1, -0.05) is 0 Å². The number of rotatable bonds is 1. The molecule has 0 saturated carbocycles. The van der Waals surface area contributed by atoms with E-state index in [0.29, 0.717) is 0 Å². The highest BCUT2D eigenvalue weighted by atomic mass is 16.8. The van der Waals surface area contributed by atoms with Crippen molar-refractivity contribution in [3.05, 3.63) is 0 Å². The minimum Gasteiger partial charge on any atom is -0.391 e. The lowest BCUT2D eigenvalue weighted by Crippen LogP contribution is -2.32. The molecule has 70 valence electrons. The lowest BCUT2D eigenvalue weighted by molar-refractivity contribution is -0.183. The molecule has 3 heteroatoms. The number of hydrogen-bond acceptors (Lipinski definition) is 3. The molecule has 12 heavy (non-hydrogen) atoms. The van der Waals surface area contributed by atoms with Crippen LogP contribution in [0.4, 0.5) is 0 Å². The van der Waals surface area contributed by atoms with Crippen molar-refractivity contribution in [2.45, 2.75) is 57.2 Å². The highest BCUT2D eigenvalue weighted by Crippen LogP contribution is 2.40. The Morgan fingerprint density at radius 2 is 2.25 bits per heavy atom. The first-order valence-electron chi connectivity index (χ1n) is 4.64. The fraction of sp³-hybridized carbons (Fsp3) is 1.00. The van der Waals surface area contributed by atoms with Gasteiger partial charge in [0.05, 0.1) is 12.2 Å². The van der Waals surface area contributed by atoms with Crippen LogP contribution < -0.4 is 0 Å². The van der Waals surface area contributed by atoms with Crippen molar-refractivity contribution < 1.29 is 14.6 Å². The Morgan fingerprint density at radius 1 is 1.50 bits per heavy atom. The molecule has 0 spiro atoms. The summed E-state index contributed by atoms with van der Waals surface area (Å²) in [6, 6.07) is 0. The minimum absolute atomic E-state index is 0.113. The van der Waals surface area contributed by atoms with Crippen LogP contribution >= 0.6 is 0 Å². The van der Waals surface area contributed by atoms with Crippen molar-refractivity contribution in [1.29, 1.82) is 0 Å². The number of ether oxygens (including phenoxy) is 2. The van der Waals surface area contributed by atoms with Crippen LogP contribution in [0.25, 0.3) is 0 Å². The van der Waals surface area contributed by atoms with Crippen LogP contribution in [0.3, 0.4) is 0 Å². The molecule has 2 fully saturated rings. The van der Waals surface area contributed by atoms with Crippen LogP contribution in [0.2, 0.25) is 0 Å². The number of aliphatic hydroxyl groups excluding tert-OH is 1. The molecule has 0 amide bonds. The van der Waals surface area contributed by atoms with Gasteiger partial charge in [-0.05, 0) is 26.7 Å². The lowest BCUT2D eigenvalue weighted by atomic mass is 10.0. The predicted molar refractivity (Wildman–Crippen MR) is 43.7 cm³/mol. The average Bonchev–Trinajstić information content (AvgIpc) is 2.22. The third-order valence-corrected chi connectivity index (χ3v) is 2.75. The third kappa shape index (κ3) is 1.26. The molecule has 0 aromatic carbocycles. The Hall–Kier alpha value is -0.120. The van der Waals surface area contributed by atoms with Crippen LogP contribution in [0, 0.1) is 0 Å². The Morgan fingerprint density at radius 3 is 2.83 bits per heavy atom. The maximum Gasteiger partial charge on any atom is 0.166 e. The largest absolute Gasteiger partial charge is 0.391 e. The van der Waals surface area contributed by atoms with Crippen molar-refractivity contribution in [2.75, 3.05) is 0 Å². The van der Waals surface area contributed by atoms with Crippen LogP contribution in [0.5, 0.6) is 0 Å². The first kappa shape index (κ1) is 8.48. The maximum absolute atomic E-state index is 9.41. The molecular weight excluding hydrogens is 156 g/mol. The first-order valence-corrected chi connectivity index (χ1v) is 4.64. The van der Waals surface area contributed by atoms with E-state index in [-0.39, 0.29) is 12.2 Å². The summed E-state index contributed by atoms with van der Waals surface area (Å²) in [7, 11) is 0. The molecule has 0 unspecified atom stereocenters. The molecular formula is C9H16O3. The van der Waals surface area contributed by atoms with Gasteiger partial charge >= 0.3 is 0 Å². The molecule has 2 saturated heterocycles. The van der Waals surface area contributed by atoms with E-state index in [0.717, 1.165) is 19.3 Å². The van der Waals surface area contributed by atoms with Gasteiger partial charge in [-0.3, -0.25) is 0 Å². The quantitative estimate of drug-likeness (QED) is 0.642. The monoisotopic (exact) mass is 172 g/mol. The summed E-state index contributed by atoms with van der Waals surface area (Å²) in [4.78, 5) is 0. The second kappa shape index (κ2) is 2.69. The molecule has 0 aliphatic carbocycles. The molecule has 2 heterocycles. The van der Waals surface area contributed by atoms with Crippen molar-refractivity contribution in [3.8, 4) is 0 Å². The number of hydrogen-bond donors (Lipinski definition) is 1. The van der Waals surface area contributed by atoms with E-state index in [1.165, 1.54) is 0 Å². The standard InChI is InChI=1S/C9H16O3/c1-6(10)8-7-4-3-5-9(2,11-7)12-8/h6-8,10H,3-5H2,1-2H3/t6-,7-,8-,9-/m0/s1. The van der Waals surface area contributed by atoms with Gasteiger partial charge in [0.1, 0.15) is 6.10 Å². The highest BCUT2D eigenvalue weighted by Gasteiger charge is 2.48. The van der Waals surface area contributed by atoms with Crippen molar-refractivity contribution in [3.63, 3.8) is 0 Å². The maximum atomic E-state index is 9.41. The molecule has 3 nitrogen and oxygen atoms in total. The fourth-order valence-corrected chi connectivity index (χ4v) is 2.15. The summed E-state index contributed by atoms with van der Waals surface area (Å²) in [5.41, 5.74) is 0. The molecule has 2 aliphatic rings. The molecule has 2 bridgehead atoms. The molecule has 2 aliphatic heterocycles.